The summed E-state index contributed by atoms with van der Waals surface area (Å²) in [5.74, 6) is 0.459. The minimum atomic E-state index is -0.155. The van der Waals surface area contributed by atoms with Gasteiger partial charge >= 0.3 is 0 Å². The Morgan fingerprint density at radius 2 is 2.00 bits per heavy atom. The molecule has 0 aromatic heterocycles. The van der Waals surface area contributed by atoms with Crippen LogP contribution in [0.5, 0.6) is 0 Å². The maximum atomic E-state index is 5.48. The number of aliphatic imine (C=N–C) groups is 2. The van der Waals surface area contributed by atoms with Gasteiger partial charge in [-0.05, 0) is 13.8 Å². The van der Waals surface area contributed by atoms with E-state index in [-0.39, 0.29) is 6.04 Å². The van der Waals surface area contributed by atoms with Gasteiger partial charge in [0.1, 0.15) is 6.34 Å². The van der Waals surface area contributed by atoms with E-state index in [1.54, 1.807) is 6.92 Å². The third-order valence-electron chi connectivity index (χ3n) is 1.23. The van der Waals surface area contributed by atoms with Crippen LogP contribution in [0.25, 0.3) is 0 Å². The largest absolute Gasteiger partial charge is 0.403 e. The quantitative estimate of drug-likeness (QED) is 0.393. The number of nitrogens with two attached hydrogens (primary N) is 3. The second-order valence-electron chi connectivity index (χ2n) is 2.38. The van der Waals surface area contributed by atoms with Crippen molar-refractivity contribution < 1.29 is 0 Å². The van der Waals surface area contributed by atoms with Crippen molar-refractivity contribution in [3.05, 3.63) is 11.9 Å². The number of amidine groups is 1. The Kier molecular flexibility index (Phi) is 4.52. The van der Waals surface area contributed by atoms with Gasteiger partial charge in [0.05, 0.1) is 11.9 Å². The van der Waals surface area contributed by atoms with Crippen LogP contribution >= 0.6 is 0 Å². The maximum Gasteiger partial charge on any atom is 0.112 e. The van der Waals surface area contributed by atoms with Crippen LogP contribution in [0.4, 0.5) is 0 Å². The van der Waals surface area contributed by atoms with Crippen LogP contribution in [-0.2, 0) is 0 Å². The number of rotatable bonds is 3. The first kappa shape index (κ1) is 10.5. The molecule has 0 aliphatic rings. The van der Waals surface area contributed by atoms with E-state index in [4.69, 9.17) is 17.2 Å². The molecule has 1 atom stereocenters. The molecule has 68 valence electrons. The van der Waals surface area contributed by atoms with Gasteiger partial charge in [-0.1, -0.05) is 0 Å². The highest BCUT2D eigenvalue weighted by Gasteiger charge is 1.98. The van der Waals surface area contributed by atoms with Crippen molar-refractivity contribution in [2.24, 2.45) is 27.2 Å². The Morgan fingerprint density at radius 1 is 1.42 bits per heavy atom. The van der Waals surface area contributed by atoms with E-state index in [1.807, 2.05) is 6.92 Å². The minimum absolute atomic E-state index is 0.155. The Hall–Kier alpha value is -1.52. The van der Waals surface area contributed by atoms with Gasteiger partial charge < -0.3 is 17.2 Å². The lowest BCUT2D eigenvalue weighted by Crippen LogP contribution is -2.14. The fraction of sp³-hybridized carbons (Fsp3) is 0.429. The predicted molar refractivity (Wildman–Crippen MR) is 51.7 cm³/mol. The summed E-state index contributed by atoms with van der Waals surface area (Å²) in [6, 6.07) is -0.155. The normalized spacial score (nSPS) is 16.8. The summed E-state index contributed by atoms with van der Waals surface area (Å²) >= 11 is 0. The highest BCUT2D eigenvalue weighted by Crippen LogP contribution is 1.95. The lowest BCUT2D eigenvalue weighted by molar-refractivity contribution is 0.847. The van der Waals surface area contributed by atoms with E-state index < -0.39 is 0 Å². The topological polar surface area (TPSA) is 103 Å². The molecule has 0 radical (unpaired) electrons. The first-order chi connectivity index (χ1) is 5.57. The van der Waals surface area contributed by atoms with Crippen LogP contribution in [0.15, 0.2) is 21.9 Å². The SMILES string of the molecule is C/C(N)=N\C=N/[C@@H](C)/C(N)=C\N. The smallest absolute Gasteiger partial charge is 0.112 e. The monoisotopic (exact) mass is 169 g/mol. The molecule has 0 aromatic carbocycles. The number of nitrogens with zero attached hydrogens (tertiary/aromatic N) is 2. The summed E-state index contributed by atoms with van der Waals surface area (Å²) in [5.41, 5.74) is 16.4. The first-order valence-corrected chi connectivity index (χ1v) is 3.56. The Bertz CT molecular complexity index is 212. The van der Waals surface area contributed by atoms with Gasteiger partial charge in [-0.2, -0.15) is 0 Å². The standard InChI is InChI=1S/C7H15N5/c1-5(7(10)3-8)11-4-12-6(2)9/h3-5H,8,10H2,1-2H3,(H2,9,11,12)/b7-3+/t5-/m0/s1. The summed E-state index contributed by atoms with van der Waals surface area (Å²) < 4.78 is 0. The van der Waals surface area contributed by atoms with Gasteiger partial charge in [0, 0.05) is 11.9 Å². The molecular formula is C7H15N5. The molecule has 0 heterocycles. The van der Waals surface area contributed by atoms with Gasteiger partial charge in [0.2, 0.25) is 0 Å². The molecule has 0 bridgehead atoms. The molecule has 5 heteroatoms. The van der Waals surface area contributed by atoms with E-state index in [0.29, 0.717) is 11.5 Å². The van der Waals surface area contributed by atoms with Crippen molar-refractivity contribution >= 4 is 12.2 Å². The molecule has 0 aliphatic heterocycles. The average Bonchev–Trinajstić information content (AvgIpc) is 2.02. The highest BCUT2D eigenvalue weighted by molar-refractivity contribution is 5.85. The first-order valence-electron chi connectivity index (χ1n) is 3.56. The van der Waals surface area contributed by atoms with Gasteiger partial charge in [-0.3, -0.25) is 4.99 Å². The van der Waals surface area contributed by atoms with Crippen LogP contribution in [0, 0.1) is 0 Å². The van der Waals surface area contributed by atoms with Crippen LogP contribution in [0.1, 0.15) is 13.8 Å². The molecule has 0 aliphatic carbocycles. The lowest BCUT2D eigenvalue weighted by Gasteiger charge is -2.03. The molecular weight excluding hydrogens is 154 g/mol. The molecule has 6 N–H and O–H groups in total. The van der Waals surface area contributed by atoms with Gasteiger partial charge in [0.25, 0.3) is 0 Å². The van der Waals surface area contributed by atoms with Gasteiger partial charge in [0.15, 0.2) is 0 Å². The summed E-state index contributed by atoms with van der Waals surface area (Å²) in [4.78, 5) is 7.73. The van der Waals surface area contributed by atoms with Crippen molar-refractivity contribution in [2.75, 3.05) is 0 Å². The molecule has 0 unspecified atom stereocenters. The Morgan fingerprint density at radius 3 is 2.42 bits per heavy atom. The van der Waals surface area contributed by atoms with Crippen LogP contribution in [0.3, 0.4) is 0 Å². The van der Waals surface area contributed by atoms with E-state index >= 15 is 0 Å². The molecule has 0 fully saturated rings. The van der Waals surface area contributed by atoms with E-state index in [1.165, 1.54) is 12.5 Å². The number of hydrogen-bond donors (Lipinski definition) is 3. The molecule has 5 nitrogen and oxygen atoms in total. The predicted octanol–water partition coefficient (Wildman–Crippen LogP) is -0.461. The second-order valence-corrected chi connectivity index (χ2v) is 2.38. The summed E-state index contributed by atoms with van der Waals surface area (Å²) in [5, 5.41) is 0. The van der Waals surface area contributed by atoms with Gasteiger partial charge in [-0.15, -0.1) is 0 Å². The van der Waals surface area contributed by atoms with Crippen molar-refractivity contribution in [3.63, 3.8) is 0 Å². The van der Waals surface area contributed by atoms with Crippen LogP contribution in [-0.4, -0.2) is 18.2 Å². The molecule has 0 saturated heterocycles. The summed E-state index contributed by atoms with van der Waals surface area (Å²) in [7, 11) is 0. The Labute approximate surface area is 72.0 Å². The lowest BCUT2D eigenvalue weighted by atomic mass is 10.3. The third kappa shape index (κ3) is 4.32. The van der Waals surface area contributed by atoms with Crippen LogP contribution < -0.4 is 17.2 Å². The van der Waals surface area contributed by atoms with Crippen molar-refractivity contribution in [1.82, 2.24) is 0 Å². The zero-order valence-corrected chi connectivity index (χ0v) is 7.36. The van der Waals surface area contributed by atoms with Crippen molar-refractivity contribution in [3.8, 4) is 0 Å². The fourth-order valence-electron chi connectivity index (χ4n) is 0.450. The summed E-state index contributed by atoms with van der Waals surface area (Å²) in [6.45, 7) is 3.50. The van der Waals surface area contributed by atoms with E-state index in [9.17, 15) is 0 Å². The van der Waals surface area contributed by atoms with Crippen LogP contribution in [0.2, 0.25) is 0 Å². The van der Waals surface area contributed by atoms with Crippen molar-refractivity contribution in [2.45, 2.75) is 19.9 Å². The maximum absolute atomic E-state index is 5.48. The highest BCUT2D eigenvalue weighted by atomic mass is 14.9. The minimum Gasteiger partial charge on any atom is -0.403 e. The molecule has 0 saturated carbocycles. The number of hydrogen-bond acceptors (Lipinski definition) is 3. The van der Waals surface area contributed by atoms with E-state index in [0.717, 1.165) is 0 Å². The zero-order chi connectivity index (χ0) is 9.56. The average molecular weight is 169 g/mol. The molecule has 0 rings (SSSR count). The molecule has 0 amide bonds. The molecule has 12 heavy (non-hydrogen) atoms. The van der Waals surface area contributed by atoms with Crippen molar-refractivity contribution in [1.29, 1.82) is 0 Å². The fourth-order valence-corrected chi connectivity index (χ4v) is 0.450. The summed E-state index contributed by atoms with van der Waals surface area (Å²) in [6.07, 6.45) is 2.69. The van der Waals surface area contributed by atoms with Gasteiger partial charge in [-0.25, -0.2) is 4.99 Å². The second kappa shape index (κ2) is 5.17. The zero-order valence-electron chi connectivity index (χ0n) is 7.36. The molecule has 0 aromatic rings. The molecule has 0 spiro atoms. The van der Waals surface area contributed by atoms with E-state index in [2.05, 4.69) is 9.98 Å². The Balaban J connectivity index is 4.09. The third-order valence-corrected chi connectivity index (χ3v) is 1.23.